The molecule has 5 heteroatoms. The molecular formula is C15H20FN3O. The number of nitrogens with zero attached hydrogens (tertiary/aromatic N) is 1. The molecule has 2 N–H and O–H groups in total. The van der Waals surface area contributed by atoms with Crippen molar-refractivity contribution in [2.75, 3.05) is 25.0 Å². The lowest BCUT2D eigenvalue weighted by Gasteiger charge is -2.38. The average molecular weight is 277 g/mol. The van der Waals surface area contributed by atoms with E-state index in [0.717, 1.165) is 30.6 Å². The van der Waals surface area contributed by atoms with E-state index in [-0.39, 0.29) is 23.7 Å². The highest BCUT2D eigenvalue weighted by atomic mass is 19.1. The number of carbonyl (C=O) groups is 1. The van der Waals surface area contributed by atoms with Crippen LogP contribution in [0.5, 0.6) is 0 Å². The van der Waals surface area contributed by atoms with Crippen molar-refractivity contribution in [3.8, 4) is 0 Å². The fraction of sp³-hybridized carbons (Fsp3) is 0.533. The maximum Gasteiger partial charge on any atom is 0.225 e. The van der Waals surface area contributed by atoms with Crippen molar-refractivity contribution >= 4 is 11.6 Å². The summed E-state index contributed by atoms with van der Waals surface area (Å²) >= 11 is 0. The van der Waals surface area contributed by atoms with Gasteiger partial charge in [-0.1, -0.05) is 0 Å². The van der Waals surface area contributed by atoms with Crippen LogP contribution >= 0.6 is 0 Å². The fourth-order valence-corrected chi connectivity index (χ4v) is 3.42. The number of carbonyl (C=O) groups excluding carboxylic acids is 1. The van der Waals surface area contributed by atoms with Gasteiger partial charge in [-0.3, -0.25) is 4.79 Å². The summed E-state index contributed by atoms with van der Waals surface area (Å²) in [4.78, 5) is 14.1. The molecule has 1 aromatic rings. The van der Waals surface area contributed by atoms with Gasteiger partial charge < -0.3 is 15.5 Å². The minimum atomic E-state index is -0.215. The Labute approximate surface area is 118 Å². The maximum atomic E-state index is 13.5. The van der Waals surface area contributed by atoms with E-state index in [1.165, 1.54) is 6.07 Å². The predicted molar refractivity (Wildman–Crippen MR) is 76.0 cm³/mol. The van der Waals surface area contributed by atoms with Gasteiger partial charge in [-0.15, -0.1) is 0 Å². The SMILES string of the molecule is CNCc1cc(F)ccc1N1CCCC2C(=O)NCC21. The number of nitrogens with one attached hydrogen (secondary N) is 2. The fourth-order valence-electron chi connectivity index (χ4n) is 3.42. The zero-order valence-electron chi connectivity index (χ0n) is 11.7. The molecule has 0 radical (unpaired) electrons. The molecule has 20 heavy (non-hydrogen) atoms. The van der Waals surface area contributed by atoms with E-state index in [2.05, 4.69) is 15.5 Å². The molecule has 0 aliphatic carbocycles. The Morgan fingerprint density at radius 1 is 1.50 bits per heavy atom. The maximum absolute atomic E-state index is 13.5. The molecule has 2 saturated heterocycles. The molecule has 0 spiro atoms. The minimum absolute atomic E-state index is 0.0799. The van der Waals surface area contributed by atoms with Crippen molar-refractivity contribution in [3.63, 3.8) is 0 Å². The van der Waals surface area contributed by atoms with Gasteiger partial charge in [0.2, 0.25) is 5.91 Å². The van der Waals surface area contributed by atoms with Gasteiger partial charge in [-0.05, 0) is 43.7 Å². The van der Waals surface area contributed by atoms with E-state index in [1.807, 2.05) is 13.1 Å². The van der Waals surface area contributed by atoms with Crippen molar-refractivity contribution in [2.45, 2.75) is 25.4 Å². The topological polar surface area (TPSA) is 44.4 Å². The van der Waals surface area contributed by atoms with Crippen molar-refractivity contribution < 1.29 is 9.18 Å². The number of hydrogen-bond donors (Lipinski definition) is 2. The third kappa shape index (κ3) is 2.26. The first-order chi connectivity index (χ1) is 9.70. The first-order valence-corrected chi connectivity index (χ1v) is 7.18. The number of piperidine rings is 1. The summed E-state index contributed by atoms with van der Waals surface area (Å²) in [6.45, 7) is 2.25. The highest BCUT2D eigenvalue weighted by Crippen LogP contribution is 2.33. The van der Waals surface area contributed by atoms with Gasteiger partial charge >= 0.3 is 0 Å². The van der Waals surface area contributed by atoms with Crippen LogP contribution in [0.4, 0.5) is 10.1 Å². The second-order valence-corrected chi connectivity index (χ2v) is 5.56. The third-order valence-corrected chi connectivity index (χ3v) is 4.32. The summed E-state index contributed by atoms with van der Waals surface area (Å²) in [5.74, 6) is 0.0291. The molecule has 1 aromatic carbocycles. The van der Waals surface area contributed by atoms with Crippen LogP contribution in [-0.2, 0) is 11.3 Å². The first kappa shape index (κ1) is 13.4. The minimum Gasteiger partial charge on any atom is -0.366 e. The van der Waals surface area contributed by atoms with Gasteiger partial charge in [0.05, 0.1) is 12.0 Å². The molecule has 0 aromatic heterocycles. The molecule has 4 nitrogen and oxygen atoms in total. The predicted octanol–water partition coefficient (Wildman–Crippen LogP) is 1.26. The Morgan fingerprint density at radius 2 is 2.35 bits per heavy atom. The van der Waals surface area contributed by atoms with Gasteiger partial charge in [-0.2, -0.15) is 0 Å². The van der Waals surface area contributed by atoms with Gasteiger partial charge in [0.25, 0.3) is 0 Å². The van der Waals surface area contributed by atoms with E-state index in [4.69, 9.17) is 0 Å². The monoisotopic (exact) mass is 277 g/mol. The summed E-state index contributed by atoms with van der Waals surface area (Å²) < 4.78 is 13.5. The zero-order valence-corrected chi connectivity index (χ0v) is 11.7. The summed E-state index contributed by atoms with van der Waals surface area (Å²) in [5.41, 5.74) is 2.00. The van der Waals surface area contributed by atoms with Crippen LogP contribution in [0.25, 0.3) is 0 Å². The highest BCUT2D eigenvalue weighted by molar-refractivity contribution is 5.83. The van der Waals surface area contributed by atoms with E-state index in [9.17, 15) is 9.18 Å². The number of amides is 1. The molecule has 108 valence electrons. The second kappa shape index (κ2) is 5.40. The van der Waals surface area contributed by atoms with E-state index in [0.29, 0.717) is 13.1 Å². The standard InChI is InChI=1S/C15H20FN3O/c1-17-8-10-7-11(16)4-5-13(10)19-6-2-3-12-14(19)9-18-15(12)20/h4-5,7,12,14,17H,2-3,6,8-9H2,1H3,(H,18,20). The van der Waals surface area contributed by atoms with E-state index < -0.39 is 0 Å². The zero-order chi connectivity index (χ0) is 14.1. The van der Waals surface area contributed by atoms with Gasteiger partial charge in [0.15, 0.2) is 0 Å². The van der Waals surface area contributed by atoms with Gasteiger partial charge in [-0.25, -0.2) is 4.39 Å². The van der Waals surface area contributed by atoms with E-state index in [1.54, 1.807) is 6.07 Å². The van der Waals surface area contributed by atoms with Crippen molar-refractivity contribution in [1.82, 2.24) is 10.6 Å². The lowest BCUT2D eigenvalue weighted by Crippen LogP contribution is -2.46. The Hall–Kier alpha value is -1.62. The normalized spacial score (nSPS) is 25.5. The molecule has 1 amide bonds. The molecule has 3 rings (SSSR count). The van der Waals surface area contributed by atoms with Gasteiger partial charge in [0.1, 0.15) is 5.82 Å². The van der Waals surface area contributed by atoms with E-state index >= 15 is 0 Å². The first-order valence-electron chi connectivity index (χ1n) is 7.18. The molecule has 2 atom stereocenters. The number of rotatable bonds is 3. The number of anilines is 1. The van der Waals surface area contributed by atoms with Crippen molar-refractivity contribution in [1.29, 1.82) is 0 Å². The molecule has 2 heterocycles. The van der Waals surface area contributed by atoms with Crippen LogP contribution < -0.4 is 15.5 Å². The molecule has 2 aliphatic rings. The van der Waals surface area contributed by atoms with Crippen LogP contribution in [0.1, 0.15) is 18.4 Å². The molecule has 2 aliphatic heterocycles. The quantitative estimate of drug-likeness (QED) is 0.874. The molecule has 0 saturated carbocycles. The summed E-state index contributed by atoms with van der Waals surface area (Å²) in [7, 11) is 1.86. The van der Waals surface area contributed by atoms with Gasteiger partial charge in [0, 0.05) is 25.3 Å². The van der Waals surface area contributed by atoms with Crippen molar-refractivity contribution in [2.24, 2.45) is 5.92 Å². The van der Waals surface area contributed by atoms with Crippen LogP contribution in [0.15, 0.2) is 18.2 Å². The number of fused-ring (bicyclic) bond motifs is 1. The second-order valence-electron chi connectivity index (χ2n) is 5.56. The van der Waals surface area contributed by atoms with Crippen molar-refractivity contribution in [3.05, 3.63) is 29.6 Å². The number of benzene rings is 1. The Morgan fingerprint density at radius 3 is 3.15 bits per heavy atom. The van der Waals surface area contributed by atoms with Crippen LogP contribution in [0.2, 0.25) is 0 Å². The molecular weight excluding hydrogens is 257 g/mol. The Kier molecular flexibility index (Phi) is 3.61. The summed E-state index contributed by atoms with van der Waals surface area (Å²) in [6, 6.07) is 5.13. The average Bonchev–Trinajstić information content (AvgIpc) is 2.82. The lowest BCUT2D eigenvalue weighted by molar-refractivity contribution is -0.122. The Bertz CT molecular complexity index is 520. The Balaban J connectivity index is 1.93. The lowest BCUT2D eigenvalue weighted by atomic mass is 9.90. The smallest absolute Gasteiger partial charge is 0.225 e. The molecule has 2 unspecified atom stereocenters. The summed E-state index contributed by atoms with van der Waals surface area (Å²) in [6.07, 6.45) is 1.96. The molecule has 0 bridgehead atoms. The van der Waals surface area contributed by atoms with Crippen LogP contribution in [0.3, 0.4) is 0 Å². The van der Waals surface area contributed by atoms with Crippen LogP contribution in [-0.4, -0.2) is 32.1 Å². The van der Waals surface area contributed by atoms with Crippen LogP contribution in [0, 0.1) is 11.7 Å². The number of halogens is 1. The summed E-state index contributed by atoms with van der Waals surface area (Å²) in [5, 5.41) is 6.04. The largest absolute Gasteiger partial charge is 0.366 e. The third-order valence-electron chi connectivity index (χ3n) is 4.32. The molecule has 2 fully saturated rings. The highest BCUT2D eigenvalue weighted by Gasteiger charge is 2.41. The number of hydrogen-bond acceptors (Lipinski definition) is 3.